The molecule has 0 atom stereocenters. The molecule has 0 aliphatic heterocycles. The lowest BCUT2D eigenvalue weighted by molar-refractivity contribution is 0.168. The second-order valence-electron chi connectivity index (χ2n) is 5.09. The van der Waals surface area contributed by atoms with Gasteiger partial charge in [0.1, 0.15) is 0 Å². The lowest BCUT2D eigenvalue weighted by atomic mass is 10.1. The van der Waals surface area contributed by atoms with Crippen LogP contribution in [0, 0.1) is 6.92 Å². The van der Waals surface area contributed by atoms with E-state index in [2.05, 4.69) is 9.97 Å². The molecule has 1 aromatic heterocycles. The molecule has 0 bridgehead atoms. The smallest absolute Gasteiger partial charge is 0.391 e. The molecule has 0 aliphatic rings. The second-order valence-corrected chi connectivity index (χ2v) is 5.09. The summed E-state index contributed by atoms with van der Waals surface area (Å²) < 4.78 is 10.3. The van der Waals surface area contributed by atoms with Gasteiger partial charge in [-0.15, -0.1) is 0 Å². The third-order valence-corrected chi connectivity index (χ3v) is 2.88. The third kappa shape index (κ3) is 4.02. The zero-order valence-electron chi connectivity index (χ0n) is 13.2. The molecular formula is C16H19N3O3. The number of amides is 1. The second kappa shape index (κ2) is 7.00. The predicted octanol–water partition coefficient (Wildman–Crippen LogP) is 2.66. The maximum Gasteiger partial charge on any atom is 0.416 e. The number of hydrogen-bond donors (Lipinski definition) is 0. The number of nitrogens with zero attached hydrogens (tertiary/aromatic N) is 3. The number of carbonyl (C=O) groups is 1. The van der Waals surface area contributed by atoms with E-state index < -0.39 is 6.09 Å². The van der Waals surface area contributed by atoms with Gasteiger partial charge in [0.2, 0.25) is 5.88 Å². The molecule has 22 heavy (non-hydrogen) atoms. The van der Waals surface area contributed by atoms with Crippen LogP contribution >= 0.6 is 0 Å². The van der Waals surface area contributed by atoms with Crippen LogP contribution in [0.25, 0.3) is 11.4 Å². The molecule has 0 radical (unpaired) electrons. The summed E-state index contributed by atoms with van der Waals surface area (Å²) in [4.78, 5) is 21.8. The Morgan fingerprint density at radius 3 is 2.64 bits per heavy atom. The Kier molecular flexibility index (Phi) is 5.06. The highest BCUT2D eigenvalue weighted by atomic mass is 16.6. The van der Waals surface area contributed by atoms with E-state index in [1.165, 1.54) is 4.90 Å². The minimum absolute atomic E-state index is 0.206. The molecule has 116 valence electrons. The first-order chi connectivity index (χ1) is 10.5. The molecule has 6 heteroatoms. The molecule has 1 heterocycles. The number of hydrogen-bond acceptors (Lipinski definition) is 5. The van der Waals surface area contributed by atoms with Crippen LogP contribution in [0.15, 0.2) is 30.3 Å². The van der Waals surface area contributed by atoms with Crippen LogP contribution in [-0.4, -0.2) is 42.2 Å². The predicted molar refractivity (Wildman–Crippen MR) is 82.6 cm³/mol. The molecule has 6 nitrogen and oxygen atoms in total. The Labute approximate surface area is 129 Å². The zero-order valence-corrected chi connectivity index (χ0v) is 13.2. The van der Waals surface area contributed by atoms with Gasteiger partial charge in [0.25, 0.3) is 0 Å². The molecule has 0 fully saturated rings. The molecule has 1 amide bonds. The van der Waals surface area contributed by atoms with Crippen LogP contribution in [0.2, 0.25) is 0 Å². The summed E-state index contributed by atoms with van der Waals surface area (Å²) in [6.07, 6.45) is -0.489. The molecule has 2 rings (SSSR count). The topological polar surface area (TPSA) is 64.6 Å². The quantitative estimate of drug-likeness (QED) is 0.868. The summed E-state index contributed by atoms with van der Waals surface area (Å²) in [6.45, 7) is 2.31. The Hall–Kier alpha value is -2.47. The normalized spacial score (nSPS) is 10.4. The van der Waals surface area contributed by atoms with Crippen LogP contribution < -0.4 is 4.74 Å². The molecule has 0 unspecified atom stereocenters. The summed E-state index contributed by atoms with van der Waals surface area (Å²) in [7, 11) is 4.81. The molecule has 0 spiro atoms. The average Bonchev–Trinajstić information content (AvgIpc) is 2.47. The highest BCUT2D eigenvalue weighted by Gasteiger charge is 2.12. The van der Waals surface area contributed by atoms with Crippen molar-refractivity contribution < 1.29 is 14.3 Å². The van der Waals surface area contributed by atoms with Gasteiger partial charge in [0.05, 0.1) is 12.3 Å². The largest absolute Gasteiger partial charge is 0.416 e. The standard InChI is InChI=1S/C16H19N3O3/c1-11-6-5-7-12(8-11)15-17-13(10-21-4)9-14(18-15)22-16(20)19(2)3/h5-9H,10H2,1-4H3. The van der Waals surface area contributed by atoms with E-state index in [0.717, 1.165) is 11.1 Å². The van der Waals surface area contributed by atoms with Crippen molar-refractivity contribution >= 4 is 6.09 Å². The summed E-state index contributed by atoms with van der Waals surface area (Å²) in [5.74, 6) is 0.706. The SMILES string of the molecule is COCc1cc(OC(=O)N(C)C)nc(-c2cccc(C)c2)n1. The first kappa shape index (κ1) is 15.9. The minimum atomic E-state index is -0.489. The van der Waals surface area contributed by atoms with Crippen molar-refractivity contribution in [1.29, 1.82) is 0 Å². The molecule has 0 aliphatic carbocycles. The van der Waals surface area contributed by atoms with Gasteiger partial charge in [0, 0.05) is 32.8 Å². The maximum absolute atomic E-state index is 11.7. The van der Waals surface area contributed by atoms with Gasteiger partial charge in [-0.2, -0.15) is 4.98 Å². The van der Waals surface area contributed by atoms with E-state index in [4.69, 9.17) is 9.47 Å². The van der Waals surface area contributed by atoms with Crippen LogP contribution in [-0.2, 0) is 11.3 Å². The fraction of sp³-hybridized carbons (Fsp3) is 0.312. The van der Waals surface area contributed by atoms with Gasteiger partial charge < -0.3 is 14.4 Å². The van der Waals surface area contributed by atoms with E-state index in [9.17, 15) is 4.79 Å². The summed E-state index contributed by atoms with van der Waals surface area (Å²) >= 11 is 0. The van der Waals surface area contributed by atoms with Gasteiger partial charge in [-0.25, -0.2) is 9.78 Å². The molecule has 0 saturated heterocycles. The van der Waals surface area contributed by atoms with Gasteiger partial charge in [-0.3, -0.25) is 0 Å². The minimum Gasteiger partial charge on any atom is -0.391 e. The lowest BCUT2D eigenvalue weighted by Gasteiger charge is -2.12. The van der Waals surface area contributed by atoms with Gasteiger partial charge in [-0.05, 0) is 13.0 Å². The van der Waals surface area contributed by atoms with Crippen LogP contribution in [0.1, 0.15) is 11.3 Å². The molecule has 2 aromatic rings. The number of benzene rings is 1. The fourth-order valence-electron chi connectivity index (χ4n) is 1.84. The first-order valence-corrected chi connectivity index (χ1v) is 6.82. The van der Waals surface area contributed by atoms with Crippen molar-refractivity contribution in [2.45, 2.75) is 13.5 Å². The lowest BCUT2D eigenvalue weighted by Crippen LogP contribution is -2.25. The summed E-state index contributed by atoms with van der Waals surface area (Å²) in [5, 5.41) is 0. The third-order valence-electron chi connectivity index (χ3n) is 2.88. The molecular weight excluding hydrogens is 282 g/mol. The van der Waals surface area contributed by atoms with E-state index in [-0.39, 0.29) is 5.88 Å². The number of methoxy groups -OCH3 is 1. The highest BCUT2D eigenvalue weighted by molar-refractivity contribution is 5.69. The summed E-state index contributed by atoms with van der Waals surface area (Å²) in [5.41, 5.74) is 2.61. The molecule has 1 aromatic carbocycles. The van der Waals surface area contributed by atoms with Gasteiger partial charge in [0.15, 0.2) is 5.82 Å². The van der Waals surface area contributed by atoms with E-state index in [1.54, 1.807) is 27.3 Å². The zero-order chi connectivity index (χ0) is 16.1. The Morgan fingerprint density at radius 1 is 1.23 bits per heavy atom. The highest BCUT2D eigenvalue weighted by Crippen LogP contribution is 2.21. The van der Waals surface area contributed by atoms with Gasteiger partial charge in [-0.1, -0.05) is 23.8 Å². The number of carbonyl (C=O) groups excluding carboxylic acids is 1. The van der Waals surface area contributed by atoms with E-state index in [0.29, 0.717) is 18.1 Å². The Balaban J connectivity index is 2.40. The number of rotatable bonds is 4. The van der Waals surface area contributed by atoms with Crippen molar-refractivity contribution in [3.63, 3.8) is 0 Å². The van der Waals surface area contributed by atoms with Crippen LogP contribution in [0.3, 0.4) is 0 Å². The van der Waals surface area contributed by atoms with Crippen molar-refractivity contribution in [3.8, 4) is 17.3 Å². The van der Waals surface area contributed by atoms with E-state index in [1.807, 2.05) is 31.2 Å². The maximum atomic E-state index is 11.7. The average molecular weight is 301 g/mol. The van der Waals surface area contributed by atoms with Crippen LogP contribution in [0.5, 0.6) is 5.88 Å². The van der Waals surface area contributed by atoms with Crippen molar-refractivity contribution in [3.05, 3.63) is 41.6 Å². The fourth-order valence-corrected chi connectivity index (χ4v) is 1.84. The van der Waals surface area contributed by atoms with Crippen molar-refractivity contribution in [2.75, 3.05) is 21.2 Å². The van der Waals surface area contributed by atoms with E-state index >= 15 is 0 Å². The summed E-state index contributed by atoms with van der Waals surface area (Å²) in [6, 6.07) is 9.42. The first-order valence-electron chi connectivity index (χ1n) is 6.82. The van der Waals surface area contributed by atoms with Crippen molar-refractivity contribution in [1.82, 2.24) is 14.9 Å². The monoisotopic (exact) mass is 301 g/mol. The Bertz CT molecular complexity index is 671. The molecule has 0 N–H and O–H groups in total. The van der Waals surface area contributed by atoms with Gasteiger partial charge >= 0.3 is 6.09 Å². The number of ether oxygens (including phenoxy) is 2. The molecule has 0 saturated carbocycles. The number of aromatic nitrogens is 2. The number of aryl methyl sites for hydroxylation is 1. The van der Waals surface area contributed by atoms with Crippen LogP contribution in [0.4, 0.5) is 4.79 Å². The Morgan fingerprint density at radius 2 is 2.00 bits per heavy atom. The van der Waals surface area contributed by atoms with Crippen molar-refractivity contribution in [2.24, 2.45) is 0 Å².